The molecular weight excluding hydrogens is 302 g/mol. The van der Waals surface area contributed by atoms with Gasteiger partial charge in [-0.15, -0.1) is 0 Å². The van der Waals surface area contributed by atoms with E-state index >= 15 is 0 Å². The average Bonchev–Trinajstić information content (AvgIpc) is 3.05. The van der Waals surface area contributed by atoms with Crippen LogP contribution in [0.3, 0.4) is 0 Å². The zero-order valence-corrected chi connectivity index (χ0v) is 13.9. The Balaban J connectivity index is 1.85. The standard InChI is InChI=1S/C19H19N3O2/c1-19(2,3)18(23)20-15-11-7-10-14(12-15)17-21-16(22-24-17)13-8-5-4-6-9-13/h4-12H,1-3H3,(H,20,23). The Morgan fingerprint density at radius 1 is 1.00 bits per heavy atom. The minimum atomic E-state index is -0.457. The van der Waals surface area contributed by atoms with Crippen molar-refractivity contribution in [3.05, 3.63) is 54.6 Å². The van der Waals surface area contributed by atoms with E-state index < -0.39 is 5.41 Å². The first-order valence-electron chi connectivity index (χ1n) is 7.74. The number of aromatic nitrogens is 2. The lowest BCUT2D eigenvalue weighted by molar-refractivity contribution is -0.123. The summed E-state index contributed by atoms with van der Waals surface area (Å²) in [6, 6.07) is 17.0. The highest BCUT2D eigenvalue weighted by atomic mass is 16.5. The molecule has 0 saturated heterocycles. The first kappa shape index (κ1) is 15.9. The molecule has 0 aliphatic rings. The van der Waals surface area contributed by atoms with Gasteiger partial charge in [-0.2, -0.15) is 4.98 Å². The van der Waals surface area contributed by atoms with Gasteiger partial charge in [0, 0.05) is 22.2 Å². The number of hydrogen-bond donors (Lipinski definition) is 1. The molecule has 0 radical (unpaired) electrons. The quantitative estimate of drug-likeness (QED) is 0.777. The van der Waals surface area contributed by atoms with Crippen molar-refractivity contribution in [1.82, 2.24) is 10.1 Å². The summed E-state index contributed by atoms with van der Waals surface area (Å²) in [6.07, 6.45) is 0. The van der Waals surface area contributed by atoms with E-state index in [2.05, 4.69) is 15.5 Å². The molecule has 1 N–H and O–H groups in total. The summed E-state index contributed by atoms with van der Waals surface area (Å²) in [5, 5.41) is 6.92. The van der Waals surface area contributed by atoms with E-state index in [9.17, 15) is 4.79 Å². The molecule has 0 unspecified atom stereocenters. The van der Waals surface area contributed by atoms with E-state index in [4.69, 9.17) is 4.52 Å². The molecule has 0 fully saturated rings. The van der Waals surface area contributed by atoms with Crippen LogP contribution >= 0.6 is 0 Å². The lowest BCUT2D eigenvalue weighted by atomic mass is 9.95. The van der Waals surface area contributed by atoms with Gasteiger partial charge in [-0.05, 0) is 18.2 Å². The van der Waals surface area contributed by atoms with Crippen LogP contribution in [0.25, 0.3) is 22.8 Å². The molecule has 2 aromatic carbocycles. The second-order valence-corrected chi connectivity index (χ2v) is 6.57. The lowest BCUT2D eigenvalue weighted by Crippen LogP contribution is -2.27. The minimum Gasteiger partial charge on any atom is -0.334 e. The van der Waals surface area contributed by atoms with Gasteiger partial charge in [-0.1, -0.05) is 62.3 Å². The SMILES string of the molecule is CC(C)(C)C(=O)Nc1cccc(-c2nc(-c3ccccc3)no2)c1. The predicted octanol–water partition coefficient (Wildman–Crippen LogP) is 4.39. The first-order chi connectivity index (χ1) is 11.4. The van der Waals surface area contributed by atoms with Gasteiger partial charge in [0.15, 0.2) is 0 Å². The third-order valence-electron chi connectivity index (χ3n) is 3.51. The molecule has 0 aliphatic carbocycles. The molecule has 0 bridgehead atoms. The minimum absolute atomic E-state index is 0.0462. The first-order valence-corrected chi connectivity index (χ1v) is 7.74. The lowest BCUT2D eigenvalue weighted by Gasteiger charge is -2.17. The van der Waals surface area contributed by atoms with Crippen LogP contribution in [0.1, 0.15) is 20.8 Å². The molecule has 0 atom stereocenters. The van der Waals surface area contributed by atoms with Gasteiger partial charge in [0.05, 0.1) is 0 Å². The van der Waals surface area contributed by atoms with E-state index in [1.165, 1.54) is 0 Å². The largest absolute Gasteiger partial charge is 0.334 e. The van der Waals surface area contributed by atoms with Crippen molar-refractivity contribution < 1.29 is 9.32 Å². The van der Waals surface area contributed by atoms with Crippen LogP contribution in [-0.2, 0) is 4.79 Å². The Labute approximate surface area is 140 Å². The fourth-order valence-corrected chi connectivity index (χ4v) is 2.09. The highest BCUT2D eigenvalue weighted by Gasteiger charge is 2.21. The topological polar surface area (TPSA) is 68.0 Å². The summed E-state index contributed by atoms with van der Waals surface area (Å²) in [4.78, 5) is 16.5. The smallest absolute Gasteiger partial charge is 0.258 e. The molecule has 122 valence electrons. The molecule has 0 aliphatic heterocycles. The second-order valence-electron chi connectivity index (χ2n) is 6.57. The van der Waals surface area contributed by atoms with Crippen molar-refractivity contribution >= 4 is 11.6 Å². The zero-order chi connectivity index (χ0) is 17.2. The monoisotopic (exact) mass is 321 g/mol. The summed E-state index contributed by atoms with van der Waals surface area (Å²) in [5.41, 5.74) is 1.90. The predicted molar refractivity (Wildman–Crippen MR) is 93.3 cm³/mol. The van der Waals surface area contributed by atoms with Crippen molar-refractivity contribution in [2.24, 2.45) is 5.41 Å². The summed E-state index contributed by atoms with van der Waals surface area (Å²) in [7, 11) is 0. The van der Waals surface area contributed by atoms with Crippen molar-refractivity contribution in [2.45, 2.75) is 20.8 Å². The number of amides is 1. The summed E-state index contributed by atoms with van der Waals surface area (Å²) >= 11 is 0. The van der Waals surface area contributed by atoms with E-state index in [0.29, 0.717) is 17.4 Å². The van der Waals surface area contributed by atoms with Crippen LogP contribution in [-0.4, -0.2) is 16.0 Å². The maximum atomic E-state index is 12.1. The Morgan fingerprint density at radius 2 is 1.71 bits per heavy atom. The molecule has 24 heavy (non-hydrogen) atoms. The Bertz CT molecular complexity index is 848. The normalized spacial score (nSPS) is 11.3. The zero-order valence-electron chi connectivity index (χ0n) is 13.9. The van der Waals surface area contributed by atoms with Crippen LogP contribution < -0.4 is 5.32 Å². The third kappa shape index (κ3) is 3.51. The summed E-state index contributed by atoms with van der Waals surface area (Å²) < 4.78 is 5.36. The maximum Gasteiger partial charge on any atom is 0.258 e. The van der Waals surface area contributed by atoms with Crippen LogP contribution in [0.4, 0.5) is 5.69 Å². The van der Waals surface area contributed by atoms with E-state index in [-0.39, 0.29) is 5.91 Å². The van der Waals surface area contributed by atoms with Crippen molar-refractivity contribution in [3.8, 4) is 22.8 Å². The third-order valence-corrected chi connectivity index (χ3v) is 3.51. The molecule has 1 heterocycles. The molecule has 0 saturated carbocycles. The molecular formula is C19H19N3O2. The molecule has 5 heteroatoms. The molecule has 5 nitrogen and oxygen atoms in total. The number of anilines is 1. The van der Waals surface area contributed by atoms with Gasteiger partial charge in [-0.25, -0.2) is 0 Å². The highest BCUT2D eigenvalue weighted by molar-refractivity contribution is 5.94. The fraction of sp³-hybridized carbons (Fsp3) is 0.211. The van der Waals surface area contributed by atoms with Gasteiger partial charge in [0.1, 0.15) is 0 Å². The average molecular weight is 321 g/mol. The number of carbonyl (C=O) groups is 1. The fourth-order valence-electron chi connectivity index (χ4n) is 2.09. The van der Waals surface area contributed by atoms with E-state index in [1.54, 1.807) is 0 Å². The van der Waals surface area contributed by atoms with Crippen molar-refractivity contribution in [3.63, 3.8) is 0 Å². The molecule has 1 aromatic heterocycles. The van der Waals surface area contributed by atoms with Crippen LogP contribution in [0, 0.1) is 5.41 Å². The Hall–Kier alpha value is -2.95. The van der Waals surface area contributed by atoms with Gasteiger partial charge >= 0.3 is 0 Å². The summed E-state index contributed by atoms with van der Waals surface area (Å²) in [5.74, 6) is 0.908. The van der Waals surface area contributed by atoms with E-state index in [0.717, 1.165) is 11.1 Å². The van der Waals surface area contributed by atoms with Crippen LogP contribution in [0.15, 0.2) is 59.1 Å². The van der Waals surface area contributed by atoms with Gasteiger partial charge in [0.25, 0.3) is 5.89 Å². The van der Waals surface area contributed by atoms with Crippen LogP contribution in [0.5, 0.6) is 0 Å². The molecule has 3 aromatic rings. The van der Waals surface area contributed by atoms with Gasteiger partial charge in [-0.3, -0.25) is 4.79 Å². The van der Waals surface area contributed by atoms with Gasteiger partial charge < -0.3 is 9.84 Å². The number of hydrogen-bond acceptors (Lipinski definition) is 4. The highest BCUT2D eigenvalue weighted by Crippen LogP contribution is 2.25. The summed E-state index contributed by atoms with van der Waals surface area (Å²) in [6.45, 7) is 5.61. The Kier molecular flexibility index (Phi) is 4.16. The van der Waals surface area contributed by atoms with Crippen molar-refractivity contribution in [2.75, 3.05) is 5.32 Å². The molecule has 1 amide bonds. The van der Waals surface area contributed by atoms with Crippen LogP contribution in [0.2, 0.25) is 0 Å². The number of nitrogens with zero attached hydrogens (tertiary/aromatic N) is 2. The second kappa shape index (κ2) is 6.28. The Morgan fingerprint density at radius 3 is 2.42 bits per heavy atom. The van der Waals surface area contributed by atoms with Crippen molar-refractivity contribution in [1.29, 1.82) is 0 Å². The number of nitrogens with one attached hydrogen (secondary N) is 1. The number of rotatable bonds is 3. The number of benzene rings is 2. The molecule has 3 rings (SSSR count). The number of carbonyl (C=O) groups excluding carboxylic acids is 1. The molecule has 0 spiro atoms. The van der Waals surface area contributed by atoms with Gasteiger partial charge in [0.2, 0.25) is 11.7 Å². The maximum absolute atomic E-state index is 12.1. The van der Waals surface area contributed by atoms with E-state index in [1.807, 2.05) is 75.4 Å².